The fourth-order valence-electron chi connectivity index (χ4n) is 3.03. The van der Waals surface area contributed by atoms with Gasteiger partial charge < -0.3 is 15.0 Å². The predicted molar refractivity (Wildman–Crippen MR) is 107 cm³/mol. The van der Waals surface area contributed by atoms with E-state index in [1.54, 1.807) is 0 Å². The Morgan fingerprint density at radius 3 is 2.87 bits per heavy atom. The molecule has 3 atom stereocenters. The molecule has 0 aliphatic carbocycles. The SMILES string of the molecule is COC(=O)C1C(CSc2nnc(C)s2)=CSC2C(NC(=O)Cn3cnnn3)C(=O)N12. The molecule has 4 heterocycles. The molecular weight excluding hydrogens is 452 g/mol. The van der Waals surface area contributed by atoms with Gasteiger partial charge in [0.15, 0.2) is 10.4 Å². The number of nitrogens with one attached hydrogen (secondary N) is 1. The molecule has 15 heteroatoms. The summed E-state index contributed by atoms with van der Waals surface area (Å²) in [6.45, 7) is 1.76. The molecule has 0 radical (unpaired) electrons. The standard InChI is InChI=1S/C15H16N8O4S3/c1-7-18-19-15(30-7)29-5-8-4-28-13-10(12(25)23(13)11(8)14(26)27-2)17-9(24)3-22-6-16-20-21-22/h4,6,10-11,13H,3,5H2,1-2H3,(H,17,24). The van der Waals surface area contributed by atoms with Gasteiger partial charge in [-0.2, -0.15) is 0 Å². The zero-order valence-corrected chi connectivity index (χ0v) is 18.2. The van der Waals surface area contributed by atoms with Gasteiger partial charge >= 0.3 is 5.97 Å². The first-order valence-corrected chi connectivity index (χ1v) is 11.4. The van der Waals surface area contributed by atoms with Gasteiger partial charge in [-0.1, -0.05) is 23.1 Å². The number of carbonyl (C=O) groups is 3. The maximum Gasteiger partial charge on any atom is 0.333 e. The maximum atomic E-state index is 12.8. The van der Waals surface area contributed by atoms with Crippen LogP contribution < -0.4 is 5.32 Å². The Morgan fingerprint density at radius 1 is 1.37 bits per heavy atom. The highest BCUT2D eigenvalue weighted by Crippen LogP contribution is 2.41. The number of ether oxygens (including phenoxy) is 1. The van der Waals surface area contributed by atoms with Crippen LogP contribution in [0.5, 0.6) is 0 Å². The van der Waals surface area contributed by atoms with E-state index in [1.807, 2.05) is 12.3 Å². The zero-order chi connectivity index (χ0) is 21.3. The van der Waals surface area contributed by atoms with E-state index in [-0.39, 0.29) is 12.5 Å². The average Bonchev–Trinajstić information content (AvgIpc) is 3.40. The monoisotopic (exact) mass is 468 g/mol. The molecule has 2 aliphatic rings. The Hall–Kier alpha value is -2.52. The molecule has 2 amide bonds. The van der Waals surface area contributed by atoms with Crippen molar-refractivity contribution >= 4 is 52.6 Å². The van der Waals surface area contributed by atoms with Crippen molar-refractivity contribution in [1.82, 2.24) is 40.6 Å². The molecule has 4 rings (SSSR count). The first-order valence-electron chi connectivity index (χ1n) is 8.65. The second-order valence-electron chi connectivity index (χ2n) is 6.32. The number of fused-ring (bicyclic) bond motifs is 1. The van der Waals surface area contributed by atoms with E-state index < -0.39 is 29.3 Å². The minimum absolute atomic E-state index is 0.104. The summed E-state index contributed by atoms with van der Waals surface area (Å²) in [6.07, 6.45) is 1.31. The number of hydrogen-bond donors (Lipinski definition) is 1. The summed E-state index contributed by atoms with van der Waals surface area (Å²) < 4.78 is 6.97. The van der Waals surface area contributed by atoms with Crippen LogP contribution in [-0.4, -0.2) is 83.4 Å². The van der Waals surface area contributed by atoms with E-state index in [2.05, 4.69) is 31.0 Å². The van der Waals surface area contributed by atoms with Crippen LogP contribution in [0.4, 0.5) is 0 Å². The molecule has 2 aromatic rings. The number of hydrogen-bond acceptors (Lipinski definition) is 12. The van der Waals surface area contributed by atoms with Crippen molar-refractivity contribution in [2.24, 2.45) is 0 Å². The van der Waals surface area contributed by atoms with Gasteiger partial charge in [-0.05, 0) is 28.3 Å². The number of methoxy groups -OCH3 is 1. The third kappa shape index (κ3) is 4.04. The van der Waals surface area contributed by atoms with Gasteiger partial charge in [-0.25, -0.2) is 9.48 Å². The number of nitrogens with zero attached hydrogens (tertiary/aromatic N) is 7. The molecular formula is C15H16N8O4S3. The summed E-state index contributed by atoms with van der Waals surface area (Å²) in [6, 6.07) is -1.56. The lowest BCUT2D eigenvalue weighted by Crippen LogP contribution is -2.74. The molecule has 1 N–H and O–H groups in total. The molecule has 0 bridgehead atoms. The van der Waals surface area contributed by atoms with E-state index in [4.69, 9.17) is 4.74 Å². The number of aryl methyl sites for hydroxylation is 1. The number of rotatable bonds is 7. The van der Waals surface area contributed by atoms with Crippen LogP contribution in [0.3, 0.4) is 0 Å². The first kappa shape index (κ1) is 20.7. The largest absolute Gasteiger partial charge is 0.467 e. The normalized spacial score (nSPS) is 22.7. The molecule has 2 aromatic heterocycles. The van der Waals surface area contributed by atoms with Crippen molar-refractivity contribution in [2.75, 3.05) is 12.9 Å². The summed E-state index contributed by atoms with van der Waals surface area (Å²) in [4.78, 5) is 38.9. The van der Waals surface area contributed by atoms with Gasteiger partial charge in [0.2, 0.25) is 11.8 Å². The summed E-state index contributed by atoms with van der Waals surface area (Å²) in [5.41, 5.74) is 0.743. The number of aromatic nitrogens is 6. The van der Waals surface area contributed by atoms with E-state index in [0.29, 0.717) is 5.75 Å². The lowest BCUT2D eigenvalue weighted by molar-refractivity contribution is -0.161. The molecule has 158 valence electrons. The van der Waals surface area contributed by atoms with Gasteiger partial charge in [0.05, 0.1) is 7.11 Å². The number of amides is 2. The van der Waals surface area contributed by atoms with Gasteiger partial charge in [0, 0.05) is 5.75 Å². The lowest BCUT2D eigenvalue weighted by Gasteiger charge is -2.51. The van der Waals surface area contributed by atoms with Crippen molar-refractivity contribution in [1.29, 1.82) is 0 Å². The molecule has 2 aliphatic heterocycles. The number of β-lactam (4-membered cyclic amide) rings is 1. The molecule has 0 spiro atoms. The van der Waals surface area contributed by atoms with Crippen molar-refractivity contribution in [2.45, 2.75) is 35.3 Å². The van der Waals surface area contributed by atoms with Crippen LogP contribution in [0.1, 0.15) is 5.01 Å². The Labute approximate surface area is 182 Å². The Morgan fingerprint density at radius 2 is 2.20 bits per heavy atom. The third-order valence-corrected chi connectivity index (χ3v) is 7.64. The molecule has 0 saturated carbocycles. The number of esters is 1. The summed E-state index contributed by atoms with van der Waals surface area (Å²) in [5, 5.41) is 23.6. The van der Waals surface area contributed by atoms with E-state index in [1.165, 1.54) is 57.9 Å². The van der Waals surface area contributed by atoms with E-state index >= 15 is 0 Å². The average molecular weight is 469 g/mol. The topological polar surface area (TPSA) is 145 Å². The van der Waals surface area contributed by atoms with Crippen LogP contribution in [0.2, 0.25) is 0 Å². The smallest absolute Gasteiger partial charge is 0.333 e. The zero-order valence-electron chi connectivity index (χ0n) is 15.8. The van der Waals surface area contributed by atoms with Crippen LogP contribution >= 0.6 is 34.9 Å². The van der Waals surface area contributed by atoms with E-state index in [9.17, 15) is 14.4 Å². The fraction of sp³-hybridized carbons (Fsp3) is 0.467. The minimum atomic E-state index is -0.831. The predicted octanol–water partition coefficient (Wildman–Crippen LogP) is -0.549. The van der Waals surface area contributed by atoms with Gasteiger partial charge in [-0.15, -0.1) is 27.1 Å². The van der Waals surface area contributed by atoms with Gasteiger partial charge in [0.1, 0.15) is 29.3 Å². The molecule has 30 heavy (non-hydrogen) atoms. The lowest BCUT2D eigenvalue weighted by atomic mass is 9.98. The molecule has 1 fully saturated rings. The van der Waals surface area contributed by atoms with Crippen LogP contribution in [0.25, 0.3) is 0 Å². The molecule has 12 nitrogen and oxygen atoms in total. The highest BCUT2D eigenvalue weighted by atomic mass is 32.2. The summed E-state index contributed by atoms with van der Waals surface area (Å²) in [5.74, 6) is -0.788. The molecule has 1 saturated heterocycles. The van der Waals surface area contributed by atoms with Crippen molar-refractivity contribution in [3.8, 4) is 0 Å². The highest BCUT2D eigenvalue weighted by Gasteiger charge is 2.56. The van der Waals surface area contributed by atoms with Crippen LogP contribution in [-0.2, 0) is 25.7 Å². The Kier molecular flexibility index (Phi) is 6.01. The van der Waals surface area contributed by atoms with Crippen LogP contribution in [0.15, 0.2) is 21.6 Å². The number of thioether (sulfide) groups is 2. The quantitative estimate of drug-likeness (QED) is 0.317. The molecule has 3 unspecified atom stereocenters. The summed E-state index contributed by atoms with van der Waals surface area (Å²) >= 11 is 4.29. The Balaban J connectivity index is 1.44. The van der Waals surface area contributed by atoms with Gasteiger partial charge in [-0.3, -0.25) is 9.59 Å². The third-order valence-electron chi connectivity index (χ3n) is 4.38. The fourth-order valence-corrected chi connectivity index (χ4v) is 6.18. The van der Waals surface area contributed by atoms with Crippen molar-refractivity contribution in [3.05, 3.63) is 22.3 Å². The van der Waals surface area contributed by atoms with Gasteiger partial charge in [0.25, 0.3) is 0 Å². The highest BCUT2D eigenvalue weighted by molar-refractivity contribution is 8.03. The molecule has 0 aromatic carbocycles. The minimum Gasteiger partial charge on any atom is -0.467 e. The van der Waals surface area contributed by atoms with E-state index in [0.717, 1.165) is 14.9 Å². The van der Waals surface area contributed by atoms with Crippen LogP contribution in [0, 0.1) is 6.92 Å². The first-order chi connectivity index (χ1) is 14.5. The Bertz CT molecular complexity index is 994. The second kappa shape index (κ2) is 8.69. The second-order valence-corrected chi connectivity index (χ2v) is 9.71. The van der Waals surface area contributed by atoms with Crippen molar-refractivity contribution < 1.29 is 19.1 Å². The number of tetrazole rings is 1. The van der Waals surface area contributed by atoms with Crippen molar-refractivity contribution in [3.63, 3.8) is 0 Å². The summed E-state index contributed by atoms with van der Waals surface area (Å²) in [7, 11) is 1.29. The maximum absolute atomic E-state index is 12.8. The number of carbonyl (C=O) groups excluding carboxylic acids is 3.